The second kappa shape index (κ2) is 6.02. The van der Waals surface area contributed by atoms with Gasteiger partial charge in [-0.25, -0.2) is 0 Å². The van der Waals surface area contributed by atoms with Gasteiger partial charge in [0.2, 0.25) is 0 Å². The Morgan fingerprint density at radius 1 is 1.21 bits per heavy atom. The Balaban J connectivity index is 2.40. The van der Waals surface area contributed by atoms with Crippen molar-refractivity contribution < 1.29 is 0 Å². The minimum absolute atomic E-state index is 0.806. The van der Waals surface area contributed by atoms with Crippen LogP contribution in [0.25, 0.3) is 0 Å². The first-order valence-electron chi connectivity index (χ1n) is 4.85. The number of hydrogen-bond donors (Lipinski definition) is 2. The maximum atomic E-state index is 4.09. The minimum Gasteiger partial charge on any atom is -0.357 e. The third kappa shape index (κ3) is 3.47. The highest BCUT2D eigenvalue weighted by Gasteiger charge is 1.94. The smallest absolute Gasteiger partial charge is 0.191 e. The van der Waals surface area contributed by atoms with E-state index in [1.165, 1.54) is 5.56 Å². The lowest BCUT2D eigenvalue weighted by Gasteiger charge is -2.09. The quantitative estimate of drug-likeness (QED) is 0.559. The highest BCUT2D eigenvalue weighted by atomic mass is 15.2. The van der Waals surface area contributed by atoms with Crippen LogP contribution in [-0.4, -0.2) is 19.6 Å². The monoisotopic (exact) mass is 191 g/mol. The number of rotatable bonds is 3. The fourth-order valence-electron chi connectivity index (χ4n) is 1.17. The van der Waals surface area contributed by atoms with Crippen LogP contribution < -0.4 is 10.6 Å². The van der Waals surface area contributed by atoms with Gasteiger partial charge in [-0.2, -0.15) is 0 Å². The van der Waals surface area contributed by atoms with Crippen molar-refractivity contribution in [1.29, 1.82) is 0 Å². The van der Waals surface area contributed by atoms with Crippen LogP contribution in [0, 0.1) is 0 Å². The van der Waals surface area contributed by atoms with Gasteiger partial charge in [0.1, 0.15) is 0 Å². The van der Waals surface area contributed by atoms with E-state index in [0.717, 1.165) is 19.0 Å². The molecule has 0 aromatic heterocycles. The molecule has 0 unspecified atom stereocenters. The lowest BCUT2D eigenvalue weighted by atomic mass is 10.2. The Labute approximate surface area is 85.3 Å². The Kier molecular flexibility index (Phi) is 4.55. The largest absolute Gasteiger partial charge is 0.357 e. The predicted octanol–water partition coefficient (Wildman–Crippen LogP) is 1.37. The van der Waals surface area contributed by atoms with E-state index in [0.29, 0.717) is 0 Å². The highest BCUT2D eigenvalue weighted by Crippen LogP contribution is 1.96. The van der Waals surface area contributed by atoms with Crippen LogP contribution in [0.2, 0.25) is 0 Å². The number of nitrogens with one attached hydrogen (secondary N) is 2. The minimum atomic E-state index is 0.806. The van der Waals surface area contributed by atoms with Crippen molar-refractivity contribution in [1.82, 2.24) is 10.6 Å². The molecule has 0 saturated carbocycles. The molecule has 1 aromatic rings. The first-order chi connectivity index (χ1) is 6.86. The molecule has 76 valence electrons. The maximum Gasteiger partial charge on any atom is 0.191 e. The third-order valence-electron chi connectivity index (χ3n) is 1.87. The first kappa shape index (κ1) is 10.6. The van der Waals surface area contributed by atoms with E-state index < -0.39 is 0 Å². The summed E-state index contributed by atoms with van der Waals surface area (Å²) >= 11 is 0. The zero-order valence-corrected chi connectivity index (χ0v) is 8.75. The second-order valence-corrected chi connectivity index (χ2v) is 2.94. The molecule has 0 aliphatic rings. The van der Waals surface area contributed by atoms with E-state index in [2.05, 4.69) is 34.7 Å². The van der Waals surface area contributed by atoms with Crippen LogP contribution in [0.15, 0.2) is 35.3 Å². The van der Waals surface area contributed by atoms with E-state index in [1.54, 1.807) is 7.05 Å². The van der Waals surface area contributed by atoms with Gasteiger partial charge in [0.05, 0.1) is 0 Å². The van der Waals surface area contributed by atoms with Gasteiger partial charge in [0, 0.05) is 20.1 Å². The summed E-state index contributed by atoms with van der Waals surface area (Å²) in [5, 5.41) is 6.37. The summed E-state index contributed by atoms with van der Waals surface area (Å²) in [4.78, 5) is 4.09. The summed E-state index contributed by atoms with van der Waals surface area (Å²) in [6, 6.07) is 10.3. The normalized spacial score (nSPS) is 11.1. The molecule has 0 atom stereocenters. The van der Waals surface area contributed by atoms with Crippen LogP contribution in [-0.2, 0) is 6.54 Å². The lowest BCUT2D eigenvalue weighted by Crippen LogP contribution is -2.36. The first-order valence-corrected chi connectivity index (χ1v) is 4.85. The Morgan fingerprint density at radius 3 is 2.50 bits per heavy atom. The van der Waals surface area contributed by atoms with Gasteiger partial charge < -0.3 is 10.6 Å². The Bertz CT molecular complexity index is 280. The molecule has 0 fully saturated rings. The van der Waals surface area contributed by atoms with Gasteiger partial charge in [-0.3, -0.25) is 4.99 Å². The van der Waals surface area contributed by atoms with Crippen molar-refractivity contribution in [3.63, 3.8) is 0 Å². The molecule has 1 rings (SSSR count). The number of benzene rings is 1. The van der Waals surface area contributed by atoms with Crippen molar-refractivity contribution in [2.75, 3.05) is 13.6 Å². The molecular formula is C11H17N3. The van der Waals surface area contributed by atoms with Crippen LogP contribution in [0.5, 0.6) is 0 Å². The molecule has 0 radical (unpaired) electrons. The molecular weight excluding hydrogens is 174 g/mol. The molecule has 0 aliphatic carbocycles. The summed E-state index contributed by atoms with van der Waals surface area (Å²) in [6.07, 6.45) is 0. The van der Waals surface area contributed by atoms with E-state index in [9.17, 15) is 0 Å². The van der Waals surface area contributed by atoms with Gasteiger partial charge in [-0.05, 0) is 12.5 Å². The number of nitrogens with zero attached hydrogens (tertiary/aromatic N) is 1. The zero-order valence-electron chi connectivity index (χ0n) is 8.75. The molecule has 0 heterocycles. The average Bonchev–Trinajstić information content (AvgIpc) is 2.25. The van der Waals surface area contributed by atoms with Crippen LogP contribution >= 0.6 is 0 Å². The molecule has 0 spiro atoms. The average molecular weight is 191 g/mol. The zero-order chi connectivity index (χ0) is 10.2. The van der Waals surface area contributed by atoms with Crippen molar-refractivity contribution in [3.8, 4) is 0 Å². The molecule has 0 aliphatic heterocycles. The molecule has 14 heavy (non-hydrogen) atoms. The van der Waals surface area contributed by atoms with Crippen molar-refractivity contribution >= 4 is 5.96 Å². The van der Waals surface area contributed by atoms with Gasteiger partial charge in [-0.15, -0.1) is 0 Å². The maximum absolute atomic E-state index is 4.09. The molecule has 0 saturated heterocycles. The summed E-state index contributed by atoms with van der Waals surface area (Å²) in [6.45, 7) is 3.74. The fourth-order valence-corrected chi connectivity index (χ4v) is 1.17. The second-order valence-electron chi connectivity index (χ2n) is 2.94. The van der Waals surface area contributed by atoms with Gasteiger partial charge >= 0.3 is 0 Å². The predicted molar refractivity (Wildman–Crippen MR) is 60.3 cm³/mol. The van der Waals surface area contributed by atoms with E-state index >= 15 is 0 Å². The molecule has 3 heteroatoms. The molecule has 0 bridgehead atoms. The molecule has 1 aromatic carbocycles. The standard InChI is InChI=1S/C11H17N3/c1-3-13-11(12-2)14-9-10-7-5-4-6-8-10/h4-8H,3,9H2,1-2H3,(H2,12,13,14). The third-order valence-corrected chi connectivity index (χ3v) is 1.87. The van der Waals surface area contributed by atoms with Crippen LogP contribution in [0.3, 0.4) is 0 Å². The van der Waals surface area contributed by atoms with Gasteiger partial charge in [0.15, 0.2) is 5.96 Å². The summed E-state index contributed by atoms with van der Waals surface area (Å²) < 4.78 is 0. The van der Waals surface area contributed by atoms with E-state index in [-0.39, 0.29) is 0 Å². The van der Waals surface area contributed by atoms with Crippen LogP contribution in [0.4, 0.5) is 0 Å². The number of aliphatic imine (C=N–C) groups is 1. The summed E-state index contributed by atoms with van der Waals surface area (Å²) in [5.41, 5.74) is 1.26. The van der Waals surface area contributed by atoms with E-state index in [4.69, 9.17) is 0 Å². The van der Waals surface area contributed by atoms with Crippen molar-refractivity contribution in [2.45, 2.75) is 13.5 Å². The molecule has 0 amide bonds. The lowest BCUT2D eigenvalue weighted by molar-refractivity contribution is 0.830. The SMILES string of the molecule is CCNC(=NC)NCc1ccccc1. The molecule has 3 nitrogen and oxygen atoms in total. The number of hydrogen-bond acceptors (Lipinski definition) is 1. The highest BCUT2D eigenvalue weighted by molar-refractivity contribution is 5.79. The summed E-state index contributed by atoms with van der Waals surface area (Å²) in [5.74, 6) is 0.844. The van der Waals surface area contributed by atoms with E-state index in [1.807, 2.05) is 18.2 Å². The van der Waals surface area contributed by atoms with Gasteiger partial charge in [0.25, 0.3) is 0 Å². The van der Waals surface area contributed by atoms with Crippen molar-refractivity contribution in [3.05, 3.63) is 35.9 Å². The van der Waals surface area contributed by atoms with Gasteiger partial charge in [-0.1, -0.05) is 30.3 Å². The topological polar surface area (TPSA) is 36.4 Å². The fraction of sp³-hybridized carbons (Fsp3) is 0.364. The number of guanidine groups is 1. The Hall–Kier alpha value is -1.51. The summed E-state index contributed by atoms with van der Waals surface area (Å²) in [7, 11) is 1.77. The van der Waals surface area contributed by atoms with Crippen molar-refractivity contribution in [2.24, 2.45) is 4.99 Å². The molecule has 2 N–H and O–H groups in total. The van der Waals surface area contributed by atoms with Crippen LogP contribution in [0.1, 0.15) is 12.5 Å². The Morgan fingerprint density at radius 2 is 1.93 bits per heavy atom.